The van der Waals surface area contributed by atoms with Crippen molar-refractivity contribution in [2.45, 2.75) is 20.0 Å². The lowest BCUT2D eigenvalue weighted by Gasteiger charge is -2.03. The summed E-state index contributed by atoms with van der Waals surface area (Å²) in [6.07, 6.45) is 3.79. The molecule has 0 bridgehead atoms. The number of nitrogens with zero attached hydrogens (tertiary/aromatic N) is 1. The van der Waals surface area contributed by atoms with Gasteiger partial charge in [0.1, 0.15) is 0 Å². The molecule has 0 aromatic carbocycles. The first-order valence-corrected chi connectivity index (χ1v) is 5.09. The van der Waals surface area contributed by atoms with Gasteiger partial charge in [-0.2, -0.15) is 0 Å². The highest BCUT2D eigenvalue weighted by Gasteiger charge is 1.95. The van der Waals surface area contributed by atoms with Crippen LogP contribution in [-0.2, 0) is 13.1 Å². The van der Waals surface area contributed by atoms with E-state index in [0.717, 1.165) is 18.8 Å². The number of hydrogen-bond acceptors (Lipinski definition) is 2. The summed E-state index contributed by atoms with van der Waals surface area (Å²) in [5.74, 6) is 0. The van der Waals surface area contributed by atoms with Crippen molar-refractivity contribution in [3.8, 4) is 0 Å². The van der Waals surface area contributed by atoms with Crippen molar-refractivity contribution < 1.29 is 0 Å². The van der Waals surface area contributed by atoms with Crippen molar-refractivity contribution in [3.63, 3.8) is 0 Å². The van der Waals surface area contributed by atoms with E-state index in [1.54, 1.807) is 0 Å². The van der Waals surface area contributed by atoms with Gasteiger partial charge in [0.2, 0.25) is 0 Å². The van der Waals surface area contributed by atoms with Crippen LogP contribution in [0.3, 0.4) is 0 Å². The zero-order valence-electron chi connectivity index (χ0n) is 8.83. The van der Waals surface area contributed by atoms with Crippen LogP contribution in [0.5, 0.6) is 0 Å². The minimum atomic E-state index is 0.869. The highest BCUT2D eigenvalue weighted by Crippen LogP contribution is 2.01. The van der Waals surface area contributed by atoms with Gasteiger partial charge < -0.3 is 10.3 Å². The molecule has 0 atom stereocenters. The molecule has 3 nitrogen and oxygen atoms in total. The lowest BCUT2D eigenvalue weighted by molar-refractivity contribution is 0.681. The molecule has 3 heteroatoms. The molecular formula is C12H15N3. The number of pyridine rings is 1. The van der Waals surface area contributed by atoms with Crippen molar-refractivity contribution in [1.29, 1.82) is 0 Å². The Labute approximate surface area is 89.6 Å². The quantitative estimate of drug-likeness (QED) is 0.794. The fraction of sp³-hybridized carbons (Fsp3) is 0.250. The molecule has 15 heavy (non-hydrogen) atoms. The van der Waals surface area contributed by atoms with Gasteiger partial charge in [0.25, 0.3) is 0 Å². The van der Waals surface area contributed by atoms with Gasteiger partial charge in [-0.15, -0.1) is 0 Å². The topological polar surface area (TPSA) is 40.7 Å². The van der Waals surface area contributed by atoms with Crippen LogP contribution in [-0.4, -0.2) is 9.97 Å². The molecule has 2 N–H and O–H groups in total. The maximum atomic E-state index is 4.16. The molecule has 2 aromatic rings. The summed E-state index contributed by atoms with van der Waals surface area (Å²) in [7, 11) is 0. The van der Waals surface area contributed by atoms with Gasteiger partial charge in [-0.05, 0) is 36.8 Å². The van der Waals surface area contributed by atoms with E-state index in [2.05, 4.69) is 27.4 Å². The fourth-order valence-corrected chi connectivity index (χ4v) is 1.53. The van der Waals surface area contributed by atoms with Crippen LogP contribution in [0.15, 0.2) is 36.7 Å². The monoisotopic (exact) mass is 201 g/mol. The smallest absolute Gasteiger partial charge is 0.0375 e. The summed E-state index contributed by atoms with van der Waals surface area (Å²) in [5, 5.41) is 3.37. The second-order valence-electron chi connectivity index (χ2n) is 3.60. The lowest BCUT2D eigenvalue weighted by atomic mass is 10.2. The average Bonchev–Trinajstić information content (AvgIpc) is 2.71. The highest BCUT2D eigenvalue weighted by atomic mass is 14.9. The molecule has 0 unspecified atom stereocenters. The average molecular weight is 201 g/mol. The predicted molar refractivity (Wildman–Crippen MR) is 60.3 cm³/mol. The molecule has 2 heterocycles. The van der Waals surface area contributed by atoms with Gasteiger partial charge in [-0.1, -0.05) is 0 Å². The minimum Gasteiger partial charge on any atom is -0.364 e. The molecule has 2 rings (SSSR count). The van der Waals surface area contributed by atoms with Crippen LogP contribution >= 0.6 is 0 Å². The first kappa shape index (κ1) is 9.93. The van der Waals surface area contributed by atoms with Crippen LogP contribution in [0.1, 0.15) is 17.0 Å². The first-order valence-electron chi connectivity index (χ1n) is 5.09. The van der Waals surface area contributed by atoms with Crippen LogP contribution in [0.4, 0.5) is 0 Å². The molecule has 0 radical (unpaired) electrons. The van der Waals surface area contributed by atoms with E-state index in [1.807, 2.05) is 31.5 Å². The van der Waals surface area contributed by atoms with Gasteiger partial charge >= 0.3 is 0 Å². The van der Waals surface area contributed by atoms with Crippen LogP contribution in [0.25, 0.3) is 0 Å². The molecular weight excluding hydrogens is 186 g/mol. The summed E-state index contributed by atoms with van der Waals surface area (Å²) in [6, 6.07) is 8.22. The summed E-state index contributed by atoms with van der Waals surface area (Å²) in [6.45, 7) is 3.76. The molecule has 0 aliphatic rings. The van der Waals surface area contributed by atoms with E-state index in [0.29, 0.717) is 0 Å². The predicted octanol–water partition coefficient (Wildman–Crippen LogP) is 2.01. The zero-order chi connectivity index (χ0) is 10.5. The van der Waals surface area contributed by atoms with Crippen molar-refractivity contribution >= 4 is 0 Å². The Kier molecular flexibility index (Phi) is 3.15. The van der Waals surface area contributed by atoms with E-state index in [4.69, 9.17) is 0 Å². The summed E-state index contributed by atoms with van der Waals surface area (Å²) >= 11 is 0. The van der Waals surface area contributed by atoms with Gasteiger partial charge in [0, 0.05) is 36.9 Å². The Morgan fingerprint density at radius 2 is 2.27 bits per heavy atom. The number of H-pyrrole nitrogens is 1. The Bertz CT molecular complexity index is 407. The van der Waals surface area contributed by atoms with Crippen molar-refractivity contribution in [1.82, 2.24) is 15.3 Å². The summed E-state index contributed by atoms with van der Waals surface area (Å²) in [5.41, 5.74) is 3.55. The molecule has 0 fully saturated rings. The van der Waals surface area contributed by atoms with E-state index < -0.39 is 0 Å². The summed E-state index contributed by atoms with van der Waals surface area (Å²) in [4.78, 5) is 7.32. The van der Waals surface area contributed by atoms with Crippen molar-refractivity contribution in [2.24, 2.45) is 0 Å². The number of hydrogen-bond donors (Lipinski definition) is 2. The maximum Gasteiger partial charge on any atom is 0.0375 e. The second kappa shape index (κ2) is 4.75. The highest BCUT2D eigenvalue weighted by molar-refractivity contribution is 5.15. The Morgan fingerprint density at radius 3 is 3.00 bits per heavy atom. The molecule has 2 aromatic heterocycles. The maximum absolute atomic E-state index is 4.16. The summed E-state index contributed by atoms with van der Waals surface area (Å²) < 4.78 is 0. The third kappa shape index (κ3) is 2.92. The van der Waals surface area contributed by atoms with E-state index in [-0.39, 0.29) is 0 Å². The van der Waals surface area contributed by atoms with Gasteiger partial charge in [0.15, 0.2) is 0 Å². The lowest BCUT2D eigenvalue weighted by Crippen LogP contribution is -2.12. The number of rotatable bonds is 4. The number of aryl methyl sites for hydroxylation is 1. The Morgan fingerprint density at radius 1 is 1.33 bits per heavy atom. The van der Waals surface area contributed by atoms with E-state index in [9.17, 15) is 0 Å². The third-order valence-electron chi connectivity index (χ3n) is 2.27. The molecule has 0 saturated carbocycles. The SMILES string of the molecule is Cc1cc(CNCc2ccc[nH]2)ccn1. The van der Waals surface area contributed by atoms with E-state index in [1.165, 1.54) is 11.3 Å². The fourth-order valence-electron chi connectivity index (χ4n) is 1.53. The van der Waals surface area contributed by atoms with Crippen molar-refractivity contribution in [2.75, 3.05) is 0 Å². The molecule has 0 spiro atoms. The van der Waals surface area contributed by atoms with Crippen LogP contribution in [0.2, 0.25) is 0 Å². The molecule has 0 aliphatic heterocycles. The normalized spacial score (nSPS) is 10.5. The molecule has 0 aliphatic carbocycles. The molecule has 78 valence electrons. The van der Waals surface area contributed by atoms with Gasteiger partial charge in [-0.25, -0.2) is 0 Å². The Balaban J connectivity index is 1.83. The van der Waals surface area contributed by atoms with Gasteiger partial charge in [0.05, 0.1) is 0 Å². The minimum absolute atomic E-state index is 0.869. The Hall–Kier alpha value is -1.61. The first-order chi connectivity index (χ1) is 7.34. The zero-order valence-corrected chi connectivity index (χ0v) is 8.83. The largest absolute Gasteiger partial charge is 0.364 e. The van der Waals surface area contributed by atoms with Crippen LogP contribution in [0, 0.1) is 6.92 Å². The van der Waals surface area contributed by atoms with Crippen molar-refractivity contribution in [3.05, 3.63) is 53.6 Å². The second-order valence-corrected chi connectivity index (χ2v) is 3.60. The number of nitrogens with one attached hydrogen (secondary N) is 2. The van der Waals surface area contributed by atoms with Gasteiger partial charge in [-0.3, -0.25) is 4.98 Å². The molecule has 0 saturated heterocycles. The number of aromatic amines is 1. The number of aromatic nitrogens is 2. The standard InChI is InChI=1S/C12H15N3/c1-10-7-11(4-6-14-10)8-13-9-12-3-2-5-15-12/h2-7,13,15H,8-9H2,1H3. The van der Waals surface area contributed by atoms with E-state index >= 15 is 0 Å². The molecule has 0 amide bonds. The third-order valence-corrected chi connectivity index (χ3v) is 2.27. The van der Waals surface area contributed by atoms with Crippen LogP contribution < -0.4 is 5.32 Å².